The molecule has 0 aromatic carbocycles. The minimum absolute atomic E-state index is 0.318. The van der Waals surface area contributed by atoms with Gasteiger partial charge in [-0.25, -0.2) is 4.98 Å². The molecule has 0 bridgehead atoms. The Hall–Kier alpha value is -0.870. The third-order valence-electron chi connectivity index (χ3n) is 2.43. The Balaban J connectivity index is 1.81. The predicted molar refractivity (Wildman–Crippen MR) is 49.1 cm³/mol. The quantitative estimate of drug-likeness (QED) is 0.704. The van der Waals surface area contributed by atoms with Crippen molar-refractivity contribution < 1.29 is 5.11 Å². The van der Waals surface area contributed by atoms with Gasteiger partial charge in [0.05, 0.1) is 12.0 Å². The molecule has 0 radical (unpaired) electrons. The second kappa shape index (κ2) is 3.47. The van der Waals surface area contributed by atoms with Crippen LogP contribution in [-0.2, 0) is 13.6 Å². The van der Waals surface area contributed by atoms with E-state index in [1.807, 2.05) is 24.1 Å². The van der Waals surface area contributed by atoms with E-state index in [-0.39, 0.29) is 0 Å². The van der Waals surface area contributed by atoms with Crippen LogP contribution in [0.1, 0.15) is 5.69 Å². The zero-order chi connectivity index (χ0) is 9.26. The standard InChI is InChI=1S/C9H15N3O/c1-11-4-9(10-7-11)5-12-2-8(3-12)6-13/h4,7-8,13H,2-3,5-6H2,1H3. The summed E-state index contributed by atoms with van der Waals surface area (Å²) in [6.07, 6.45) is 3.85. The highest BCUT2D eigenvalue weighted by molar-refractivity contribution is 4.97. The van der Waals surface area contributed by atoms with E-state index in [9.17, 15) is 0 Å². The molecular formula is C9H15N3O. The molecule has 1 fully saturated rings. The van der Waals surface area contributed by atoms with Crippen LogP contribution in [0, 0.1) is 5.92 Å². The summed E-state index contributed by atoms with van der Waals surface area (Å²) in [5.41, 5.74) is 1.11. The number of aliphatic hydroxyl groups excluding tert-OH is 1. The topological polar surface area (TPSA) is 41.3 Å². The highest BCUT2D eigenvalue weighted by Crippen LogP contribution is 2.16. The van der Waals surface area contributed by atoms with Crippen molar-refractivity contribution in [3.05, 3.63) is 18.2 Å². The first-order valence-corrected chi connectivity index (χ1v) is 4.58. The summed E-state index contributed by atoms with van der Waals surface area (Å²) in [5, 5.41) is 8.83. The van der Waals surface area contributed by atoms with Gasteiger partial charge in [-0.1, -0.05) is 0 Å². The Morgan fingerprint density at radius 1 is 1.62 bits per heavy atom. The molecule has 1 aromatic heterocycles. The maximum absolute atomic E-state index is 8.83. The highest BCUT2D eigenvalue weighted by atomic mass is 16.3. The van der Waals surface area contributed by atoms with E-state index in [0.717, 1.165) is 25.3 Å². The van der Waals surface area contributed by atoms with Crippen LogP contribution in [0.3, 0.4) is 0 Å². The van der Waals surface area contributed by atoms with Gasteiger partial charge in [0.2, 0.25) is 0 Å². The van der Waals surface area contributed by atoms with Crippen molar-refractivity contribution in [3.63, 3.8) is 0 Å². The van der Waals surface area contributed by atoms with Crippen molar-refractivity contribution in [2.24, 2.45) is 13.0 Å². The maximum Gasteiger partial charge on any atom is 0.0947 e. The van der Waals surface area contributed by atoms with Crippen LogP contribution >= 0.6 is 0 Å². The zero-order valence-corrected chi connectivity index (χ0v) is 7.85. The first kappa shape index (κ1) is 8.72. The Morgan fingerprint density at radius 3 is 2.92 bits per heavy atom. The SMILES string of the molecule is Cn1cnc(CN2CC(CO)C2)c1. The largest absolute Gasteiger partial charge is 0.396 e. The van der Waals surface area contributed by atoms with Crippen molar-refractivity contribution in [3.8, 4) is 0 Å². The lowest BCUT2D eigenvalue weighted by molar-refractivity contribution is 0.0470. The van der Waals surface area contributed by atoms with Crippen molar-refractivity contribution in [1.82, 2.24) is 14.5 Å². The summed E-state index contributed by atoms with van der Waals surface area (Å²) in [5.74, 6) is 0.490. The minimum Gasteiger partial charge on any atom is -0.396 e. The number of aliphatic hydroxyl groups is 1. The third kappa shape index (κ3) is 1.89. The molecule has 0 aliphatic carbocycles. The molecule has 72 valence electrons. The van der Waals surface area contributed by atoms with Crippen molar-refractivity contribution in [2.75, 3.05) is 19.7 Å². The maximum atomic E-state index is 8.83. The molecule has 0 atom stereocenters. The van der Waals surface area contributed by atoms with Gasteiger partial charge < -0.3 is 9.67 Å². The number of aryl methyl sites for hydroxylation is 1. The van der Waals surface area contributed by atoms with E-state index in [1.54, 1.807) is 0 Å². The lowest BCUT2D eigenvalue weighted by Crippen LogP contribution is -2.47. The van der Waals surface area contributed by atoms with E-state index >= 15 is 0 Å². The molecule has 0 unspecified atom stereocenters. The van der Waals surface area contributed by atoms with Gasteiger partial charge in [-0.05, 0) is 0 Å². The Kier molecular flexibility index (Phi) is 2.33. The van der Waals surface area contributed by atoms with E-state index in [0.29, 0.717) is 12.5 Å². The van der Waals surface area contributed by atoms with Crippen LogP contribution in [0.2, 0.25) is 0 Å². The second-order valence-electron chi connectivity index (χ2n) is 3.77. The van der Waals surface area contributed by atoms with Gasteiger partial charge in [-0.2, -0.15) is 0 Å². The van der Waals surface area contributed by atoms with Crippen LogP contribution in [0.4, 0.5) is 0 Å². The van der Waals surface area contributed by atoms with Gasteiger partial charge in [0.15, 0.2) is 0 Å². The Labute approximate surface area is 77.8 Å². The third-order valence-corrected chi connectivity index (χ3v) is 2.43. The van der Waals surface area contributed by atoms with Gasteiger partial charge in [-0.3, -0.25) is 4.90 Å². The van der Waals surface area contributed by atoms with Crippen LogP contribution in [-0.4, -0.2) is 39.3 Å². The smallest absolute Gasteiger partial charge is 0.0947 e. The molecule has 4 heteroatoms. The summed E-state index contributed by atoms with van der Waals surface area (Å²) >= 11 is 0. The van der Waals surface area contributed by atoms with Gasteiger partial charge in [0.1, 0.15) is 0 Å². The number of nitrogens with zero attached hydrogens (tertiary/aromatic N) is 3. The van der Waals surface area contributed by atoms with E-state index < -0.39 is 0 Å². The molecule has 1 saturated heterocycles. The molecule has 2 heterocycles. The molecule has 1 aliphatic rings. The molecule has 13 heavy (non-hydrogen) atoms. The fraction of sp³-hybridized carbons (Fsp3) is 0.667. The average molecular weight is 181 g/mol. The van der Waals surface area contributed by atoms with E-state index in [2.05, 4.69) is 9.88 Å². The van der Waals surface area contributed by atoms with Crippen LogP contribution in [0.25, 0.3) is 0 Å². The number of likely N-dealkylation sites (tertiary alicyclic amines) is 1. The lowest BCUT2D eigenvalue weighted by atomic mass is 10.0. The Bertz CT molecular complexity index is 278. The molecule has 1 N–H and O–H groups in total. The number of hydrogen-bond donors (Lipinski definition) is 1. The summed E-state index contributed by atoms with van der Waals surface area (Å²) in [6.45, 7) is 3.25. The van der Waals surface area contributed by atoms with Crippen LogP contribution in [0.15, 0.2) is 12.5 Å². The molecule has 0 spiro atoms. The number of imidazole rings is 1. The second-order valence-corrected chi connectivity index (χ2v) is 3.77. The number of hydrogen-bond acceptors (Lipinski definition) is 3. The zero-order valence-electron chi connectivity index (χ0n) is 7.85. The average Bonchev–Trinajstić information content (AvgIpc) is 2.43. The lowest BCUT2D eigenvalue weighted by Gasteiger charge is -2.37. The van der Waals surface area contributed by atoms with Gasteiger partial charge in [0.25, 0.3) is 0 Å². The van der Waals surface area contributed by atoms with Gasteiger partial charge >= 0.3 is 0 Å². The van der Waals surface area contributed by atoms with Crippen LogP contribution in [0.5, 0.6) is 0 Å². The molecule has 0 saturated carbocycles. The summed E-state index contributed by atoms with van der Waals surface area (Å²) in [4.78, 5) is 6.54. The summed E-state index contributed by atoms with van der Waals surface area (Å²) in [6, 6.07) is 0. The van der Waals surface area contributed by atoms with Crippen molar-refractivity contribution in [1.29, 1.82) is 0 Å². The van der Waals surface area contributed by atoms with E-state index in [1.165, 1.54) is 0 Å². The Morgan fingerprint density at radius 2 is 2.38 bits per heavy atom. The van der Waals surface area contributed by atoms with Crippen LogP contribution < -0.4 is 0 Å². The van der Waals surface area contributed by atoms with Crippen molar-refractivity contribution >= 4 is 0 Å². The fourth-order valence-corrected chi connectivity index (χ4v) is 1.70. The highest BCUT2D eigenvalue weighted by Gasteiger charge is 2.25. The van der Waals surface area contributed by atoms with E-state index in [4.69, 9.17) is 5.11 Å². The number of rotatable bonds is 3. The summed E-state index contributed by atoms with van der Waals surface area (Å²) in [7, 11) is 1.98. The predicted octanol–water partition coefficient (Wildman–Crippen LogP) is -0.156. The minimum atomic E-state index is 0.318. The molecule has 1 aromatic rings. The molecule has 0 amide bonds. The molecule has 4 nitrogen and oxygen atoms in total. The van der Waals surface area contributed by atoms with Crippen molar-refractivity contribution in [2.45, 2.75) is 6.54 Å². The first-order chi connectivity index (χ1) is 6.28. The van der Waals surface area contributed by atoms with Gasteiger partial charge in [-0.15, -0.1) is 0 Å². The van der Waals surface area contributed by atoms with Gasteiger partial charge in [0, 0.05) is 45.4 Å². The molecule has 1 aliphatic heterocycles. The monoisotopic (exact) mass is 181 g/mol. The summed E-state index contributed by atoms with van der Waals surface area (Å²) < 4.78 is 1.96. The normalized spacial score (nSPS) is 18.9. The molecular weight excluding hydrogens is 166 g/mol. The number of aromatic nitrogens is 2. The first-order valence-electron chi connectivity index (χ1n) is 4.58. The molecule has 2 rings (SSSR count). The fourth-order valence-electron chi connectivity index (χ4n) is 1.70.